The lowest BCUT2D eigenvalue weighted by molar-refractivity contribution is 0.194. The van der Waals surface area contributed by atoms with Crippen molar-refractivity contribution in [2.45, 2.75) is 38.1 Å². The van der Waals surface area contributed by atoms with Crippen molar-refractivity contribution < 1.29 is 9.18 Å². The molecule has 0 unspecified atom stereocenters. The summed E-state index contributed by atoms with van der Waals surface area (Å²) in [6.07, 6.45) is 4.41. The van der Waals surface area contributed by atoms with Gasteiger partial charge >= 0.3 is 6.03 Å². The number of anilines is 1. The molecule has 0 radical (unpaired) electrons. The van der Waals surface area contributed by atoms with Gasteiger partial charge in [-0.25, -0.2) is 9.18 Å². The predicted octanol–water partition coefficient (Wildman–Crippen LogP) is 5.99. The SMILES string of the molecule is O=C(Nc1ccc2cc(CN3CCCC3)ccc2c1)N1CCC(c2ccc(F)cc2)CC1. The third-order valence-corrected chi connectivity index (χ3v) is 6.88. The average Bonchev–Trinajstić information content (AvgIpc) is 3.33. The van der Waals surface area contributed by atoms with Crippen LogP contribution >= 0.6 is 0 Å². The number of likely N-dealkylation sites (tertiary alicyclic amines) is 2. The molecule has 0 aliphatic carbocycles. The maximum Gasteiger partial charge on any atom is 0.321 e. The van der Waals surface area contributed by atoms with Gasteiger partial charge in [0.1, 0.15) is 5.82 Å². The molecule has 2 heterocycles. The summed E-state index contributed by atoms with van der Waals surface area (Å²) in [4.78, 5) is 17.2. The highest BCUT2D eigenvalue weighted by Gasteiger charge is 2.24. The predicted molar refractivity (Wildman–Crippen MR) is 127 cm³/mol. The van der Waals surface area contributed by atoms with Crippen LogP contribution in [0.25, 0.3) is 10.8 Å². The first kappa shape index (κ1) is 21.0. The molecule has 0 aromatic heterocycles. The molecule has 32 heavy (non-hydrogen) atoms. The zero-order chi connectivity index (χ0) is 21.9. The van der Waals surface area contributed by atoms with Crippen LogP contribution in [0.15, 0.2) is 60.7 Å². The van der Waals surface area contributed by atoms with E-state index in [9.17, 15) is 9.18 Å². The molecule has 0 bridgehead atoms. The smallest absolute Gasteiger partial charge is 0.321 e. The van der Waals surface area contributed by atoms with Gasteiger partial charge in [0.15, 0.2) is 0 Å². The van der Waals surface area contributed by atoms with Crippen LogP contribution in [-0.2, 0) is 6.54 Å². The standard InChI is InChI=1S/C27H30FN3O/c28-25-8-5-21(6-9-25)22-11-15-31(16-12-22)27(32)29-26-10-7-23-17-20(3-4-24(23)18-26)19-30-13-1-2-14-30/h3-10,17-18,22H,1-2,11-16,19H2,(H,29,32). The van der Waals surface area contributed by atoms with Crippen LogP contribution in [-0.4, -0.2) is 42.0 Å². The molecule has 1 N–H and O–H groups in total. The zero-order valence-electron chi connectivity index (χ0n) is 18.4. The van der Waals surface area contributed by atoms with Crippen LogP contribution in [0, 0.1) is 5.82 Å². The number of hydrogen-bond acceptors (Lipinski definition) is 2. The van der Waals surface area contributed by atoms with Gasteiger partial charge < -0.3 is 10.2 Å². The summed E-state index contributed by atoms with van der Waals surface area (Å²) < 4.78 is 13.2. The summed E-state index contributed by atoms with van der Waals surface area (Å²) in [5.74, 6) is 0.179. The molecule has 3 aromatic rings. The number of piperidine rings is 1. The maximum absolute atomic E-state index is 13.2. The molecule has 4 nitrogen and oxygen atoms in total. The van der Waals surface area contributed by atoms with Gasteiger partial charge in [-0.1, -0.05) is 30.3 Å². The Morgan fingerprint density at radius 1 is 0.875 bits per heavy atom. The first-order valence-electron chi connectivity index (χ1n) is 11.7. The van der Waals surface area contributed by atoms with Crippen LogP contribution in [0.2, 0.25) is 0 Å². The van der Waals surface area contributed by atoms with Gasteiger partial charge in [0.2, 0.25) is 0 Å². The molecule has 5 heteroatoms. The van der Waals surface area contributed by atoms with Crippen molar-refractivity contribution in [1.82, 2.24) is 9.80 Å². The summed E-state index contributed by atoms with van der Waals surface area (Å²) in [6.45, 7) is 4.83. The molecule has 3 aromatic carbocycles. The minimum atomic E-state index is -0.205. The molecule has 0 atom stereocenters. The van der Waals surface area contributed by atoms with E-state index in [2.05, 4.69) is 40.5 Å². The van der Waals surface area contributed by atoms with Crippen molar-refractivity contribution in [1.29, 1.82) is 0 Å². The van der Waals surface area contributed by atoms with E-state index in [1.54, 1.807) is 0 Å². The number of amides is 2. The number of rotatable bonds is 4. The molecular formula is C27H30FN3O. The van der Waals surface area contributed by atoms with E-state index in [1.807, 2.05) is 23.1 Å². The Morgan fingerprint density at radius 2 is 1.56 bits per heavy atom. The van der Waals surface area contributed by atoms with Crippen LogP contribution in [0.5, 0.6) is 0 Å². The minimum Gasteiger partial charge on any atom is -0.324 e. The Bertz CT molecular complexity index is 1080. The van der Waals surface area contributed by atoms with E-state index in [1.165, 1.54) is 49.0 Å². The van der Waals surface area contributed by atoms with Gasteiger partial charge in [-0.05, 0) is 96.9 Å². The van der Waals surface area contributed by atoms with E-state index in [-0.39, 0.29) is 11.8 Å². The molecule has 2 aliphatic rings. The molecule has 0 saturated carbocycles. The Morgan fingerprint density at radius 3 is 2.31 bits per heavy atom. The third kappa shape index (κ3) is 4.78. The highest BCUT2D eigenvalue weighted by molar-refractivity contribution is 5.93. The summed E-state index contributed by atoms with van der Waals surface area (Å²) in [6, 6.07) is 19.5. The molecule has 166 valence electrons. The second-order valence-corrected chi connectivity index (χ2v) is 9.12. The van der Waals surface area contributed by atoms with Crippen molar-refractivity contribution in [2.24, 2.45) is 0 Å². The van der Waals surface area contributed by atoms with E-state index >= 15 is 0 Å². The number of fused-ring (bicyclic) bond motifs is 1. The van der Waals surface area contributed by atoms with E-state index in [0.29, 0.717) is 19.0 Å². The van der Waals surface area contributed by atoms with Crippen LogP contribution in [0.4, 0.5) is 14.9 Å². The summed E-state index contributed by atoms with van der Waals surface area (Å²) in [7, 11) is 0. The molecule has 2 saturated heterocycles. The first-order chi connectivity index (χ1) is 15.6. The molecule has 2 fully saturated rings. The zero-order valence-corrected chi connectivity index (χ0v) is 18.4. The van der Waals surface area contributed by atoms with Gasteiger partial charge in [-0.2, -0.15) is 0 Å². The lowest BCUT2D eigenvalue weighted by Crippen LogP contribution is -2.40. The first-order valence-corrected chi connectivity index (χ1v) is 11.7. The average molecular weight is 432 g/mol. The third-order valence-electron chi connectivity index (χ3n) is 6.88. The van der Waals surface area contributed by atoms with Crippen LogP contribution in [0.1, 0.15) is 42.7 Å². The lowest BCUT2D eigenvalue weighted by atomic mass is 9.89. The van der Waals surface area contributed by atoms with Gasteiger partial charge in [0, 0.05) is 25.3 Å². The molecule has 2 aliphatic heterocycles. The quantitative estimate of drug-likeness (QED) is 0.551. The number of halogens is 1. The number of nitrogens with zero attached hydrogens (tertiary/aromatic N) is 2. The normalized spacial score (nSPS) is 17.7. The van der Waals surface area contributed by atoms with E-state index in [4.69, 9.17) is 0 Å². The lowest BCUT2D eigenvalue weighted by Gasteiger charge is -2.32. The number of benzene rings is 3. The van der Waals surface area contributed by atoms with Crippen LogP contribution < -0.4 is 5.32 Å². The summed E-state index contributed by atoms with van der Waals surface area (Å²) in [5, 5.41) is 5.42. The molecule has 5 rings (SSSR count). The van der Waals surface area contributed by atoms with Gasteiger partial charge in [-0.15, -0.1) is 0 Å². The number of urea groups is 1. The van der Waals surface area contributed by atoms with Crippen molar-refractivity contribution in [3.05, 3.63) is 77.6 Å². The van der Waals surface area contributed by atoms with Gasteiger partial charge in [0.25, 0.3) is 0 Å². The van der Waals surface area contributed by atoms with Gasteiger partial charge in [0.05, 0.1) is 0 Å². The number of hydrogen-bond donors (Lipinski definition) is 1. The second kappa shape index (κ2) is 9.29. The second-order valence-electron chi connectivity index (χ2n) is 9.12. The van der Waals surface area contributed by atoms with E-state index < -0.39 is 0 Å². The summed E-state index contributed by atoms with van der Waals surface area (Å²) in [5.41, 5.74) is 3.33. The Kier molecular flexibility index (Phi) is 6.08. The fraction of sp³-hybridized carbons (Fsp3) is 0.370. The fourth-order valence-electron chi connectivity index (χ4n) is 5.02. The summed E-state index contributed by atoms with van der Waals surface area (Å²) >= 11 is 0. The van der Waals surface area contributed by atoms with Crippen molar-refractivity contribution in [3.8, 4) is 0 Å². The topological polar surface area (TPSA) is 35.6 Å². The molecule has 2 amide bonds. The monoisotopic (exact) mass is 431 g/mol. The Hall–Kier alpha value is -2.92. The van der Waals surface area contributed by atoms with Crippen molar-refractivity contribution in [2.75, 3.05) is 31.5 Å². The van der Waals surface area contributed by atoms with E-state index in [0.717, 1.165) is 36.0 Å². The maximum atomic E-state index is 13.2. The fourth-order valence-corrected chi connectivity index (χ4v) is 5.02. The molecule has 0 spiro atoms. The number of nitrogens with one attached hydrogen (secondary N) is 1. The molecular weight excluding hydrogens is 401 g/mol. The number of carbonyl (C=O) groups excluding carboxylic acids is 1. The Labute approximate surface area is 189 Å². The highest BCUT2D eigenvalue weighted by atomic mass is 19.1. The number of carbonyl (C=O) groups is 1. The van der Waals surface area contributed by atoms with Gasteiger partial charge in [-0.3, -0.25) is 4.90 Å². The largest absolute Gasteiger partial charge is 0.324 e. The Balaban J connectivity index is 1.18. The van der Waals surface area contributed by atoms with Crippen molar-refractivity contribution in [3.63, 3.8) is 0 Å². The highest BCUT2D eigenvalue weighted by Crippen LogP contribution is 2.29. The van der Waals surface area contributed by atoms with Crippen LogP contribution in [0.3, 0.4) is 0 Å². The minimum absolute atomic E-state index is 0.0486. The van der Waals surface area contributed by atoms with Crippen molar-refractivity contribution >= 4 is 22.5 Å².